The van der Waals surface area contributed by atoms with Crippen LogP contribution in [0.15, 0.2) is 28.7 Å². The van der Waals surface area contributed by atoms with E-state index in [1.165, 1.54) is 5.56 Å². The van der Waals surface area contributed by atoms with Crippen LogP contribution in [-0.2, 0) is 6.42 Å². The molecule has 1 aromatic carbocycles. The summed E-state index contributed by atoms with van der Waals surface area (Å²) in [6.07, 6.45) is 0.845. The number of halogens is 1. The minimum Gasteiger partial charge on any atom is -0.319 e. The molecule has 0 saturated carbocycles. The number of aromatic nitrogens is 2. The Kier molecular flexibility index (Phi) is 4.66. The third kappa shape index (κ3) is 3.61. The Morgan fingerprint density at radius 3 is 2.68 bits per heavy atom. The van der Waals surface area contributed by atoms with Gasteiger partial charge in [0, 0.05) is 28.7 Å². The maximum absolute atomic E-state index is 4.67. The van der Waals surface area contributed by atoms with Crippen LogP contribution in [-0.4, -0.2) is 23.6 Å². The van der Waals surface area contributed by atoms with Crippen LogP contribution in [0.25, 0.3) is 11.3 Å². The molecule has 2 aromatic rings. The zero-order valence-corrected chi connectivity index (χ0v) is 13.1. The van der Waals surface area contributed by atoms with Gasteiger partial charge >= 0.3 is 0 Å². The Hall–Kier alpha value is -1.26. The summed E-state index contributed by atoms with van der Waals surface area (Å²) in [6.45, 7) is 5.01. The van der Waals surface area contributed by atoms with Gasteiger partial charge in [0.2, 0.25) is 0 Å². The molecule has 0 spiro atoms. The van der Waals surface area contributed by atoms with Crippen LogP contribution in [0.5, 0.6) is 0 Å². The summed E-state index contributed by atoms with van der Waals surface area (Å²) in [5.74, 6) is 0.892. The van der Waals surface area contributed by atoms with Crippen LogP contribution < -0.4 is 5.32 Å². The van der Waals surface area contributed by atoms with Gasteiger partial charge in [-0.25, -0.2) is 9.97 Å². The highest BCUT2D eigenvalue weighted by Gasteiger charge is 2.07. The van der Waals surface area contributed by atoms with Crippen LogP contribution in [0, 0.1) is 13.8 Å². The van der Waals surface area contributed by atoms with E-state index in [9.17, 15) is 0 Å². The zero-order valence-electron chi connectivity index (χ0n) is 11.5. The second-order valence-corrected chi connectivity index (χ2v) is 5.54. The quantitative estimate of drug-likeness (QED) is 0.939. The highest BCUT2D eigenvalue weighted by Crippen LogP contribution is 2.25. The summed E-state index contributed by atoms with van der Waals surface area (Å²) in [6, 6.07) is 8.30. The maximum atomic E-state index is 4.67. The first-order chi connectivity index (χ1) is 9.10. The van der Waals surface area contributed by atoms with Crippen molar-refractivity contribution in [3.63, 3.8) is 0 Å². The number of nitrogens with zero attached hydrogens (tertiary/aromatic N) is 2. The van der Waals surface area contributed by atoms with Gasteiger partial charge in [-0.1, -0.05) is 22.0 Å². The fourth-order valence-electron chi connectivity index (χ4n) is 1.99. The lowest BCUT2D eigenvalue weighted by molar-refractivity contribution is 0.752. The number of nitrogens with one attached hydrogen (secondary N) is 1. The van der Waals surface area contributed by atoms with E-state index in [0.717, 1.165) is 40.2 Å². The van der Waals surface area contributed by atoms with Gasteiger partial charge in [-0.15, -0.1) is 0 Å². The third-order valence-electron chi connectivity index (χ3n) is 2.97. The molecule has 0 aliphatic rings. The van der Waals surface area contributed by atoms with E-state index in [2.05, 4.69) is 56.3 Å². The van der Waals surface area contributed by atoms with Crippen LogP contribution in [0.1, 0.15) is 17.1 Å². The van der Waals surface area contributed by atoms with Gasteiger partial charge in [0.15, 0.2) is 0 Å². The first kappa shape index (κ1) is 14.2. The van der Waals surface area contributed by atoms with Crippen molar-refractivity contribution in [1.29, 1.82) is 0 Å². The minimum atomic E-state index is 0.845. The summed E-state index contributed by atoms with van der Waals surface area (Å²) >= 11 is 3.52. The smallest absolute Gasteiger partial charge is 0.130 e. The molecular formula is C15H18BrN3. The largest absolute Gasteiger partial charge is 0.319 e. The summed E-state index contributed by atoms with van der Waals surface area (Å²) in [5, 5.41) is 3.13. The number of benzene rings is 1. The molecule has 0 radical (unpaired) electrons. The molecule has 19 heavy (non-hydrogen) atoms. The van der Waals surface area contributed by atoms with Gasteiger partial charge in [0.1, 0.15) is 5.82 Å². The minimum absolute atomic E-state index is 0.845. The Labute approximate surface area is 122 Å². The van der Waals surface area contributed by atoms with Gasteiger partial charge in [-0.3, -0.25) is 0 Å². The SMILES string of the molecule is CNCCc1nc(C)cc(-c2cc(Br)ccc2C)n1. The normalized spacial score (nSPS) is 10.7. The fraction of sp³-hybridized carbons (Fsp3) is 0.333. The number of aryl methyl sites for hydroxylation is 2. The van der Waals surface area contributed by atoms with E-state index < -0.39 is 0 Å². The fourth-order valence-corrected chi connectivity index (χ4v) is 2.35. The number of hydrogen-bond acceptors (Lipinski definition) is 3. The molecule has 4 heteroatoms. The maximum Gasteiger partial charge on any atom is 0.130 e. The van der Waals surface area contributed by atoms with E-state index in [0.29, 0.717) is 0 Å². The van der Waals surface area contributed by atoms with E-state index in [1.807, 2.05) is 20.0 Å². The number of rotatable bonds is 4. The van der Waals surface area contributed by atoms with Gasteiger partial charge in [-0.05, 0) is 44.7 Å². The lowest BCUT2D eigenvalue weighted by Crippen LogP contribution is -2.13. The van der Waals surface area contributed by atoms with Crippen molar-refractivity contribution in [3.8, 4) is 11.3 Å². The Balaban J connectivity index is 2.43. The van der Waals surface area contributed by atoms with Crippen LogP contribution in [0.3, 0.4) is 0 Å². The van der Waals surface area contributed by atoms with Crippen LogP contribution in [0.4, 0.5) is 0 Å². The highest BCUT2D eigenvalue weighted by atomic mass is 79.9. The van der Waals surface area contributed by atoms with Crippen molar-refractivity contribution in [3.05, 3.63) is 45.8 Å². The summed E-state index contributed by atoms with van der Waals surface area (Å²) in [4.78, 5) is 9.16. The summed E-state index contributed by atoms with van der Waals surface area (Å²) in [5.41, 5.74) is 4.39. The molecule has 0 unspecified atom stereocenters. The van der Waals surface area contributed by atoms with Crippen LogP contribution in [0.2, 0.25) is 0 Å². The van der Waals surface area contributed by atoms with Crippen molar-refractivity contribution >= 4 is 15.9 Å². The van der Waals surface area contributed by atoms with Gasteiger partial charge < -0.3 is 5.32 Å². The van der Waals surface area contributed by atoms with E-state index >= 15 is 0 Å². The second-order valence-electron chi connectivity index (χ2n) is 4.62. The standard InChI is InChI=1S/C15H18BrN3/c1-10-4-5-12(16)9-13(10)14-8-11(2)18-15(19-14)6-7-17-3/h4-5,8-9,17H,6-7H2,1-3H3. The third-order valence-corrected chi connectivity index (χ3v) is 3.47. The molecule has 0 atom stereocenters. The molecule has 1 aromatic heterocycles. The molecule has 0 aliphatic heterocycles. The predicted octanol–water partition coefficient (Wildman–Crippen LogP) is 3.28. The van der Waals surface area contributed by atoms with Crippen molar-refractivity contribution in [2.45, 2.75) is 20.3 Å². The van der Waals surface area contributed by atoms with E-state index in [4.69, 9.17) is 0 Å². The number of hydrogen-bond donors (Lipinski definition) is 1. The summed E-state index contributed by atoms with van der Waals surface area (Å²) in [7, 11) is 1.94. The molecule has 0 bridgehead atoms. The van der Waals surface area contributed by atoms with Gasteiger partial charge in [-0.2, -0.15) is 0 Å². The summed E-state index contributed by atoms with van der Waals surface area (Å²) < 4.78 is 1.07. The van der Waals surface area contributed by atoms with Crippen molar-refractivity contribution in [2.75, 3.05) is 13.6 Å². The lowest BCUT2D eigenvalue weighted by atomic mass is 10.1. The van der Waals surface area contributed by atoms with Crippen molar-refractivity contribution in [2.24, 2.45) is 0 Å². The first-order valence-corrected chi connectivity index (χ1v) is 7.15. The van der Waals surface area contributed by atoms with Crippen molar-refractivity contribution in [1.82, 2.24) is 15.3 Å². The lowest BCUT2D eigenvalue weighted by Gasteiger charge is -2.09. The predicted molar refractivity (Wildman–Crippen MR) is 82.3 cm³/mol. The molecule has 1 N–H and O–H groups in total. The monoisotopic (exact) mass is 319 g/mol. The van der Waals surface area contributed by atoms with Gasteiger partial charge in [0.05, 0.1) is 5.69 Å². The Morgan fingerprint density at radius 2 is 1.95 bits per heavy atom. The zero-order chi connectivity index (χ0) is 13.8. The molecule has 100 valence electrons. The molecule has 0 aliphatic carbocycles. The van der Waals surface area contributed by atoms with E-state index in [-0.39, 0.29) is 0 Å². The first-order valence-electron chi connectivity index (χ1n) is 6.36. The molecule has 3 nitrogen and oxygen atoms in total. The molecule has 2 rings (SSSR count). The average molecular weight is 320 g/mol. The molecule has 0 fully saturated rings. The second kappa shape index (κ2) is 6.26. The molecule has 0 amide bonds. The molecule has 0 saturated heterocycles. The Morgan fingerprint density at radius 1 is 1.16 bits per heavy atom. The topological polar surface area (TPSA) is 37.8 Å². The average Bonchev–Trinajstić information content (AvgIpc) is 2.38. The van der Waals surface area contributed by atoms with Crippen molar-refractivity contribution < 1.29 is 0 Å². The van der Waals surface area contributed by atoms with E-state index in [1.54, 1.807) is 0 Å². The molecular weight excluding hydrogens is 302 g/mol. The Bertz CT molecular complexity index is 582. The highest BCUT2D eigenvalue weighted by molar-refractivity contribution is 9.10. The van der Waals surface area contributed by atoms with Crippen LogP contribution >= 0.6 is 15.9 Å². The van der Waals surface area contributed by atoms with Gasteiger partial charge in [0.25, 0.3) is 0 Å². The number of likely N-dealkylation sites (N-methyl/N-ethyl adjacent to an activating group) is 1. The molecule has 1 heterocycles.